The molecule has 1 unspecified atom stereocenters. The molecule has 0 aliphatic heterocycles. The van der Waals surface area contributed by atoms with E-state index < -0.39 is 11.6 Å². The molecule has 0 spiro atoms. The van der Waals surface area contributed by atoms with Crippen molar-refractivity contribution in [3.63, 3.8) is 0 Å². The van der Waals surface area contributed by atoms with Crippen molar-refractivity contribution in [1.29, 1.82) is 0 Å². The Morgan fingerprint density at radius 3 is 2.67 bits per heavy atom. The first-order valence-corrected chi connectivity index (χ1v) is 7.81. The highest BCUT2D eigenvalue weighted by Gasteiger charge is 2.17. The van der Waals surface area contributed by atoms with Gasteiger partial charge in [-0.3, -0.25) is 0 Å². The Morgan fingerprint density at radius 1 is 1.24 bits per heavy atom. The number of rotatable bonds is 10. The predicted molar refractivity (Wildman–Crippen MR) is 82.3 cm³/mol. The van der Waals surface area contributed by atoms with Gasteiger partial charge in [0.1, 0.15) is 0 Å². The van der Waals surface area contributed by atoms with Gasteiger partial charge in [-0.25, -0.2) is 8.78 Å². The van der Waals surface area contributed by atoms with Crippen LogP contribution in [-0.2, 0) is 4.74 Å². The fourth-order valence-electron chi connectivity index (χ4n) is 2.16. The molecule has 0 heterocycles. The van der Waals surface area contributed by atoms with Crippen LogP contribution < -0.4 is 5.32 Å². The van der Waals surface area contributed by atoms with Crippen molar-refractivity contribution < 1.29 is 13.5 Å². The highest BCUT2D eigenvalue weighted by atomic mass is 19.2. The van der Waals surface area contributed by atoms with Crippen LogP contribution in [0.1, 0.15) is 51.6 Å². The molecule has 4 heteroatoms. The molecule has 1 aromatic carbocycles. The molecule has 0 aromatic heterocycles. The summed E-state index contributed by atoms with van der Waals surface area (Å²) >= 11 is 0. The highest BCUT2D eigenvalue weighted by Crippen LogP contribution is 2.20. The first-order valence-electron chi connectivity index (χ1n) is 7.81. The second-order valence-electron chi connectivity index (χ2n) is 5.76. The van der Waals surface area contributed by atoms with Crippen LogP contribution in [0, 0.1) is 17.6 Å². The lowest BCUT2D eigenvalue weighted by Crippen LogP contribution is -2.27. The average molecular weight is 299 g/mol. The van der Waals surface area contributed by atoms with E-state index in [9.17, 15) is 8.78 Å². The van der Waals surface area contributed by atoms with E-state index in [0.29, 0.717) is 24.7 Å². The van der Waals surface area contributed by atoms with Crippen molar-refractivity contribution >= 4 is 0 Å². The topological polar surface area (TPSA) is 21.3 Å². The largest absolute Gasteiger partial charge is 0.379 e. The van der Waals surface area contributed by atoms with Crippen molar-refractivity contribution in [3.8, 4) is 0 Å². The van der Waals surface area contributed by atoms with Gasteiger partial charge >= 0.3 is 0 Å². The summed E-state index contributed by atoms with van der Waals surface area (Å²) in [5.41, 5.74) is 0.340. The molecule has 0 saturated carbocycles. The summed E-state index contributed by atoms with van der Waals surface area (Å²) in [6.45, 7) is 8.14. The van der Waals surface area contributed by atoms with Crippen LogP contribution in [0.5, 0.6) is 0 Å². The van der Waals surface area contributed by atoms with E-state index in [2.05, 4.69) is 19.2 Å². The summed E-state index contributed by atoms with van der Waals surface area (Å²) in [6, 6.07) is 3.98. The summed E-state index contributed by atoms with van der Waals surface area (Å²) in [4.78, 5) is 0. The lowest BCUT2D eigenvalue weighted by atomic mass is 10.1. The van der Waals surface area contributed by atoms with Gasteiger partial charge in [0, 0.05) is 12.2 Å². The summed E-state index contributed by atoms with van der Waals surface area (Å²) in [5.74, 6) is -0.934. The van der Waals surface area contributed by atoms with Gasteiger partial charge < -0.3 is 10.1 Å². The molecular formula is C17H27F2NO. The highest BCUT2D eigenvalue weighted by molar-refractivity contribution is 5.22. The quantitative estimate of drug-likeness (QED) is 0.644. The minimum atomic E-state index is -0.810. The third-order valence-corrected chi connectivity index (χ3v) is 3.35. The molecule has 0 saturated heterocycles. The molecule has 0 bridgehead atoms. The van der Waals surface area contributed by atoms with Crippen LogP contribution in [0.4, 0.5) is 8.78 Å². The molecule has 0 fully saturated rings. The minimum absolute atomic E-state index is 0.306. The first kappa shape index (κ1) is 18.1. The summed E-state index contributed by atoms with van der Waals surface area (Å²) in [5, 5.41) is 3.22. The van der Waals surface area contributed by atoms with Crippen LogP contribution in [0.25, 0.3) is 0 Å². The smallest absolute Gasteiger partial charge is 0.163 e. The van der Waals surface area contributed by atoms with Crippen LogP contribution in [0.2, 0.25) is 0 Å². The Hall–Kier alpha value is -1.00. The fraction of sp³-hybridized carbons (Fsp3) is 0.647. The van der Waals surface area contributed by atoms with E-state index in [4.69, 9.17) is 4.74 Å². The minimum Gasteiger partial charge on any atom is -0.379 e. The molecule has 2 nitrogen and oxygen atoms in total. The second-order valence-corrected chi connectivity index (χ2v) is 5.76. The number of benzene rings is 1. The maximum Gasteiger partial charge on any atom is 0.163 e. The Bertz CT molecular complexity index is 410. The van der Waals surface area contributed by atoms with Crippen molar-refractivity contribution in [2.24, 2.45) is 5.92 Å². The van der Waals surface area contributed by atoms with Crippen LogP contribution in [0.15, 0.2) is 18.2 Å². The Kier molecular flexibility index (Phi) is 8.47. The van der Waals surface area contributed by atoms with Gasteiger partial charge in [0.05, 0.1) is 12.6 Å². The number of halogens is 2. The van der Waals surface area contributed by atoms with E-state index >= 15 is 0 Å². The zero-order chi connectivity index (χ0) is 15.7. The van der Waals surface area contributed by atoms with Crippen LogP contribution in [-0.4, -0.2) is 19.8 Å². The number of hydrogen-bond acceptors (Lipinski definition) is 2. The molecule has 120 valence electrons. The van der Waals surface area contributed by atoms with E-state index in [1.807, 2.05) is 6.92 Å². The SMILES string of the molecule is CCCNC(COCCCC(C)C)c1cccc(F)c1F. The zero-order valence-corrected chi connectivity index (χ0v) is 13.3. The average Bonchev–Trinajstić information content (AvgIpc) is 2.45. The fourth-order valence-corrected chi connectivity index (χ4v) is 2.16. The Morgan fingerprint density at radius 2 is 2.00 bits per heavy atom. The third kappa shape index (κ3) is 6.53. The normalized spacial score (nSPS) is 12.9. The standard InChI is InChI=1S/C17H27F2NO/c1-4-10-20-16(12-21-11-6-7-13(2)3)14-8-5-9-15(18)17(14)19/h5,8-9,13,16,20H,4,6-7,10-12H2,1-3H3. The monoisotopic (exact) mass is 299 g/mol. The van der Waals surface area contributed by atoms with Gasteiger partial charge in [-0.15, -0.1) is 0 Å². The molecule has 1 rings (SSSR count). The number of hydrogen-bond donors (Lipinski definition) is 1. The van der Waals surface area contributed by atoms with Gasteiger partial charge in [0.25, 0.3) is 0 Å². The maximum absolute atomic E-state index is 13.9. The molecular weight excluding hydrogens is 272 g/mol. The maximum atomic E-state index is 13.9. The summed E-state index contributed by atoms with van der Waals surface area (Å²) in [6.07, 6.45) is 3.03. The second kappa shape index (κ2) is 9.85. The van der Waals surface area contributed by atoms with Crippen LogP contribution >= 0.6 is 0 Å². The Labute approximate surface area is 126 Å². The molecule has 1 atom stereocenters. The predicted octanol–water partition coefficient (Wildman–Crippen LogP) is 4.46. The first-order chi connectivity index (χ1) is 10.1. The van der Waals surface area contributed by atoms with Gasteiger partial charge in [0.2, 0.25) is 0 Å². The molecule has 21 heavy (non-hydrogen) atoms. The molecule has 1 aromatic rings. The molecule has 0 amide bonds. The van der Waals surface area contributed by atoms with Gasteiger partial charge in [-0.05, 0) is 37.8 Å². The van der Waals surface area contributed by atoms with E-state index in [1.165, 1.54) is 6.07 Å². The molecule has 1 N–H and O–H groups in total. The van der Waals surface area contributed by atoms with Crippen molar-refractivity contribution in [2.45, 2.75) is 46.1 Å². The van der Waals surface area contributed by atoms with Crippen molar-refractivity contribution in [2.75, 3.05) is 19.8 Å². The number of ether oxygens (including phenoxy) is 1. The lowest BCUT2D eigenvalue weighted by molar-refractivity contribution is 0.105. The van der Waals surface area contributed by atoms with E-state index in [1.54, 1.807) is 6.07 Å². The van der Waals surface area contributed by atoms with Crippen molar-refractivity contribution in [1.82, 2.24) is 5.32 Å². The summed E-state index contributed by atoms with van der Waals surface area (Å²) < 4.78 is 32.9. The van der Waals surface area contributed by atoms with Gasteiger partial charge in [0.15, 0.2) is 11.6 Å². The lowest BCUT2D eigenvalue weighted by Gasteiger charge is -2.20. The molecule has 0 aliphatic carbocycles. The molecule has 0 aliphatic rings. The van der Waals surface area contributed by atoms with E-state index in [-0.39, 0.29) is 6.04 Å². The van der Waals surface area contributed by atoms with E-state index in [0.717, 1.165) is 31.9 Å². The zero-order valence-electron chi connectivity index (χ0n) is 13.3. The summed E-state index contributed by atoms with van der Waals surface area (Å²) in [7, 11) is 0. The number of nitrogens with one attached hydrogen (secondary N) is 1. The third-order valence-electron chi connectivity index (χ3n) is 3.35. The Balaban J connectivity index is 2.57. The molecule has 0 radical (unpaired) electrons. The van der Waals surface area contributed by atoms with Crippen molar-refractivity contribution in [3.05, 3.63) is 35.4 Å². The van der Waals surface area contributed by atoms with Gasteiger partial charge in [-0.2, -0.15) is 0 Å². The van der Waals surface area contributed by atoms with Gasteiger partial charge in [-0.1, -0.05) is 32.9 Å². The van der Waals surface area contributed by atoms with Crippen LogP contribution in [0.3, 0.4) is 0 Å².